The van der Waals surface area contributed by atoms with E-state index in [2.05, 4.69) is 33.6 Å². The first-order chi connectivity index (χ1) is 13.1. The molecule has 5 heteroatoms. The molecule has 144 valence electrons. The molecule has 1 N–H and O–H groups in total. The van der Waals surface area contributed by atoms with E-state index in [4.69, 9.17) is 0 Å². The van der Waals surface area contributed by atoms with E-state index in [1.165, 1.54) is 19.4 Å². The molecule has 0 unspecified atom stereocenters. The van der Waals surface area contributed by atoms with Crippen LogP contribution in [0.15, 0.2) is 36.7 Å². The van der Waals surface area contributed by atoms with Gasteiger partial charge in [0.1, 0.15) is 5.82 Å². The van der Waals surface area contributed by atoms with Gasteiger partial charge in [-0.1, -0.05) is 32.0 Å². The quantitative estimate of drug-likeness (QED) is 0.879. The third-order valence-corrected chi connectivity index (χ3v) is 5.91. The van der Waals surface area contributed by atoms with E-state index in [-0.39, 0.29) is 5.91 Å². The number of nitrogens with zero attached hydrogens (tertiary/aromatic N) is 3. The Morgan fingerprint density at radius 3 is 2.78 bits per heavy atom. The summed E-state index contributed by atoms with van der Waals surface area (Å²) in [5.41, 5.74) is 1.62. The van der Waals surface area contributed by atoms with Crippen LogP contribution in [0, 0.1) is 11.8 Å². The van der Waals surface area contributed by atoms with Gasteiger partial charge in [-0.05, 0) is 37.2 Å². The smallest absolute Gasteiger partial charge is 0.254 e. The number of aromatic amines is 1. The Kier molecular flexibility index (Phi) is 5.30. The van der Waals surface area contributed by atoms with Crippen LogP contribution in [0.4, 0.5) is 0 Å². The fourth-order valence-electron chi connectivity index (χ4n) is 4.20. The molecule has 2 fully saturated rings. The van der Waals surface area contributed by atoms with E-state index in [1.807, 2.05) is 24.3 Å². The fraction of sp³-hybridized carbons (Fsp3) is 0.545. The summed E-state index contributed by atoms with van der Waals surface area (Å²) in [4.78, 5) is 25.6. The molecule has 1 aliphatic carbocycles. The van der Waals surface area contributed by atoms with Crippen LogP contribution in [-0.2, 0) is 0 Å². The number of amides is 1. The van der Waals surface area contributed by atoms with E-state index in [0.717, 1.165) is 48.9 Å². The molecular weight excluding hydrogens is 336 g/mol. The summed E-state index contributed by atoms with van der Waals surface area (Å²) in [7, 11) is 0. The molecular formula is C22H30N4O. The molecule has 1 amide bonds. The number of imidazole rings is 1. The SMILES string of the molecule is CC(C)[C@H]1CN(C(=O)c2ccccc2-c2ncc[nH]2)CCCN1CC1CC1. The topological polar surface area (TPSA) is 52.2 Å². The molecule has 2 aromatic rings. The number of hydrogen-bond acceptors (Lipinski definition) is 3. The number of aromatic nitrogens is 2. The standard InChI is InChI=1S/C22H30N4O/c1-16(2)20-15-26(13-5-12-25(20)14-17-8-9-17)22(27)19-7-4-3-6-18(19)21-23-10-11-24-21/h3-4,6-7,10-11,16-17,20H,5,8-9,12-15H2,1-2H3,(H,23,24)/t20-/m1/s1. The minimum absolute atomic E-state index is 0.126. The van der Waals surface area contributed by atoms with E-state index in [0.29, 0.717) is 12.0 Å². The number of benzene rings is 1. The van der Waals surface area contributed by atoms with Gasteiger partial charge in [0.2, 0.25) is 0 Å². The molecule has 1 saturated carbocycles. The van der Waals surface area contributed by atoms with Crippen molar-refractivity contribution in [2.75, 3.05) is 26.2 Å². The minimum Gasteiger partial charge on any atom is -0.345 e. The molecule has 2 heterocycles. The van der Waals surface area contributed by atoms with E-state index in [9.17, 15) is 4.79 Å². The molecule has 0 spiro atoms. The highest BCUT2D eigenvalue weighted by molar-refractivity contribution is 6.00. The second-order valence-electron chi connectivity index (χ2n) is 8.34. The van der Waals surface area contributed by atoms with Gasteiger partial charge in [0.25, 0.3) is 5.91 Å². The van der Waals surface area contributed by atoms with Crippen LogP contribution in [0.1, 0.15) is 43.5 Å². The van der Waals surface area contributed by atoms with Crippen molar-refractivity contribution in [3.8, 4) is 11.4 Å². The normalized spacial score (nSPS) is 21.4. The second kappa shape index (κ2) is 7.85. The van der Waals surface area contributed by atoms with Crippen molar-refractivity contribution >= 4 is 5.91 Å². The lowest BCUT2D eigenvalue weighted by molar-refractivity contribution is 0.0705. The average Bonchev–Trinajstić information content (AvgIpc) is 3.38. The predicted molar refractivity (Wildman–Crippen MR) is 107 cm³/mol. The van der Waals surface area contributed by atoms with Crippen molar-refractivity contribution in [3.63, 3.8) is 0 Å². The van der Waals surface area contributed by atoms with Gasteiger partial charge in [-0.15, -0.1) is 0 Å². The number of nitrogens with one attached hydrogen (secondary N) is 1. The number of H-pyrrole nitrogens is 1. The summed E-state index contributed by atoms with van der Waals surface area (Å²) in [6, 6.07) is 8.25. The zero-order chi connectivity index (χ0) is 18.8. The van der Waals surface area contributed by atoms with Gasteiger partial charge in [0, 0.05) is 50.2 Å². The predicted octanol–water partition coefficient (Wildman–Crippen LogP) is 3.66. The van der Waals surface area contributed by atoms with Crippen molar-refractivity contribution in [3.05, 3.63) is 42.2 Å². The van der Waals surface area contributed by atoms with Gasteiger partial charge >= 0.3 is 0 Å². The summed E-state index contributed by atoms with van der Waals surface area (Å²) in [6.45, 7) is 8.52. The first-order valence-electron chi connectivity index (χ1n) is 10.3. The van der Waals surface area contributed by atoms with Gasteiger partial charge in [-0.2, -0.15) is 0 Å². The molecule has 1 aliphatic heterocycles. The van der Waals surface area contributed by atoms with Crippen molar-refractivity contribution < 1.29 is 4.79 Å². The summed E-state index contributed by atoms with van der Waals surface area (Å²) in [6.07, 6.45) is 7.33. The summed E-state index contributed by atoms with van der Waals surface area (Å²) < 4.78 is 0. The average molecular weight is 367 g/mol. The van der Waals surface area contributed by atoms with Gasteiger partial charge in [0.05, 0.1) is 5.56 Å². The van der Waals surface area contributed by atoms with Crippen molar-refractivity contribution in [1.29, 1.82) is 0 Å². The van der Waals surface area contributed by atoms with Crippen molar-refractivity contribution in [2.24, 2.45) is 11.8 Å². The van der Waals surface area contributed by atoms with Crippen LogP contribution in [0.2, 0.25) is 0 Å². The monoisotopic (exact) mass is 366 g/mol. The maximum absolute atomic E-state index is 13.4. The van der Waals surface area contributed by atoms with Gasteiger partial charge in [0.15, 0.2) is 0 Å². The Bertz CT molecular complexity index is 766. The molecule has 4 rings (SSSR count). The van der Waals surface area contributed by atoms with E-state index in [1.54, 1.807) is 12.4 Å². The maximum atomic E-state index is 13.4. The summed E-state index contributed by atoms with van der Waals surface area (Å²) in [5, 5.41) is 0. The highest BCUT2D eigenvalue weighted by atomic mass is 16.2. The van der Waals surface area contributed by atoms with Crippen LogP contribution in [0.5, 0.6) is 0 Å². The third kappa shape index (κ3) is 4.08. The molecule has 0 radical (unpaired) electrons. The molecule has 1 atom stereocenters. The summed E-state index contributed by atoms with van der Waals surface area (Å²) in [5.74, 6) is 2.30. The second-order valence-corrected chi connectivity index (χ2v) is 8.34. The Balaban J connectivity index is 1.57. The van der Waals surface area contributed by atoms with Crippen molar-refractivity contribution in [1.82, 2.24) is 19.8 Å². The zero-order valence-corrected chi connectivity index (χ0v) is 16.4. The summed E-state index contributed by atoms with van der Waals surface area (Å²) >= 11 is 0. The third-order valence-electron chi connectivity index (χ3n) is 5.91. The first kappa shape index (κ1) is 18.2. The number of hydrogen-bond donors (Lipinski definition) is 1. The van der Waals surface area contributed by atoms with Crippen molar-refractivity contribution in [2.45, 2.75) is 39.2 Å². The van der Waals surface area contributed by atoms with Gasteiger partial charge < -0.3 is 9.88 Å². The fourth-order valence-corrected chi connectivity index (χ4v) is 4.20. The lowest BCUT2D eigenvalue weighted by atomic mass is 10.0. The molecule has 1 aromatic carbocycles. The molecule has 1 aromatic heterocycles. The molecule has 1 saturated heterocycles. The van der Waals surface area contributed by atoms with E-state index < -0.39 is 0 Å². The molecule has 27 heavy (non-hydrogen) atoms. The van der Waals surface area contributed by atoms with Crippen LogP contribution < -0.4 is 0 Å². The zero-order valence-electron chi connectivity index (χ0n) is 16.4. The first-order valence-corrected chi connectivity index (χ1v) is 10.3. The Labute approximate surface area is 161 Å². The minimum atomic E-state index is 0.126. The van der Waals surface area contributed by atoms with Crippen LogP contribution in [0.25, 0.3) is 11.4 Å². The lowest BCUT2D eigenvalue weighted by Gasteiger charge is -2.34. The molecule has 0 bridgehead atoms. The Morgan fingerprint density at radius 2 is 2.07 bits per heavy atom. The Morgan fingerprint density at radius 1 is 1.26 bits per heavy atom. The molecule has 2 aliphatic rings. The van der Waals surface area contributed by atoms with Crippen LogP contribution in [-0.4, -0.2) is 57.9 Å². The van der Waals surface area contributed by atoms with Crippen LogP contribution >= 0.6 is 0 Å². The number of carbonyl (C=O) groups excluding carboxylic acids is 1. The number of carbonyl (C=O) groups is 1. The maximum Gasteiger partial charge on any atom is 0.254 e. The highest BCUT2D eigenvalue weighted by Crippen LogP contribution is 2.32. The molecule has 5 nitrogen and oxygen atoms in total. The highest BCUT2D eigenvalue weighted by Gasteiger charge is 2.34. The van der Waals surface area contributed by atoms with Crippen LogP contribution in [0.3, 0.4) is 0 Å². The Hall–Kier alpha value is -2.14. The van der Waals surface area contributed by atoms with Gasteiger partial charge in [-0.3, -0.25) is 9.69 Å². The van der Waals surface area contributed by atoms with E-state index >= 15 is 0 Å². The lowest BCUT2D eigenvalue weighted by Crippen LogP contribution is -2.46. The van der Waals surface area contributed by atoms with Gasteiger partial charge in [-0.25, -0.2) is 4.98 Å². The number of rotatable bonds is 5. The largest absolute Gasteiger partial charge is 0.345 e.